The van der Waals surface area contributed by atoms with E-state index in [0.29, 0.717) is 30.7 Å². The van der Waals surface area contributed by atoms with Crippen LogP contribution in [0.3, 0.4) is 0 Å². The largest absolute Gasteiger partial charge is 0.396 e. The van der Waals surface area contributed by atoms with Gasteiger partial charge in [0, 0.05) is 35.4 Å². The van der Waals surface area contributed by atoms with Crippen LogP contribution >= 0.6 is 15.9 Å². The fourth-order valence-electron chi connectivity index (χ4n) is 4.71. The summed E-state index contributed by atoms with van der Waals surface area (Å²) >= 11 is 3.63. The number of pyridine rings is 1. The molecule has 0 atom stereocenters. The average molecular weight is 508 g/mol. The number of nitrogens with zero attached hydrogens (tertiary/aromatic N) is 4. The van der Waals surface area contributed by atoms with Crippen molar-refractivity contribution in [2.45, 2.75) is 43.6 Å². The van der Waals surface area contributed by atoms with Crippen molar-refractivity contribution in [3.63, 3.8) is 0 Å². The first-order chi connectivity index (χ1) is 16.0. The number of aromatic nitrogens is 4. The summed E-state index contributed by atoms with van der Waals surface area (Å²) < 4.78 is 2.40. The highest BCUT2D eigenvalue weighted by Crippen LogP contribution is 2.42. The topological polar surface area (TPSA) is 110 Å². The van der Waals surface area contributed by atoms with Gasteiger partial charge in [-0.1, -0.05) is 36.4 Å². The van der Waals surface area contributed by atoms with E-state index in [4.69, 9.17) is 10.7 Å². The van der Waals surface area contributed by atoms with Crippen LogP contribution in [0.5, 0.6) is 0 Å². The first-order valence-electron chi connectivity index (χ1n) is 11.2. The van der Waals surface area contributed by atoms with E-state index in [2.05, 4.69) is 26.0 Å². The third kappa shape index (κ3) is 4.14. The van der Waals surface area contributed by atoms with Gasteiger partial charge in [-0.15, -0.1) is 0 Å². The minimum absolute atomic E-state index is 0.00169. The van der Waals surface area contributed by atoms with Gasteiger partial charge in [0.2, 0.25) is 0 Å². The number of fused-ring (bicyclic) bond motifs is 1. The standard InChI is InChI=1S/C25H26BrN5O2/c26-21-22(17-8-10-25(33,11-9-17)12-13-32)30-24-19(15-29-31(24)23(21)27)18-6-7-20(28-14-18)16-4-2-1-3-5-16/h1-7,14-15,17,32-33H,8-13,27H2. The van der Waals surface area contributed by atoms with Crippen molar-refractivity contribution >= 4 is 27.4 Å². The number of halogens is 1. The molecule has 1 aliphatic carbocycles. The molecule has 0 saturated heterocycles. The fraction of sp³-hybridized carbons (Fsp3) is 0.320. The highest BCUT2D eigenvalue weighted by molar-refractivity contribution is 9.10. The number of aliphatic hydroxyl groups excluding tert-OH is 1. The monoisotopic (exact) mass is 507 g/mol. The van der Waals surface area contributed by atoms with E-state index in [1.54, 1.807) is 10.7 Å². The lowest BCUT2D eigenvalue weighted by Crippen LogP contribution is -2.34. The first kappa shape index (κ1) is 22.0. The molecule has 1 aliphatic rings. The maximum absolute atomic E-state index is 10.7. The van der Waals surface area contributed by atoms with E-state index in [9.17, 15) is 10.2 Å². The van der Waals surface area contributed by atoms with Crippen molar-refractivity contribution in [1.82, 2.24) is 19.6 Å². The average Bonchev–Trinajstić information content (AvgIpc) is 3.27. The summed E-state index contributed by atoms with van der Waals surface area (Å²) in [4.78, 5) is 9.63. The van der Waals surface area contributed by atoms with Gasteiger partial charge in [-0.3, -0.25) is 4.98 Å². The Labute approximate surface area is 200 Å². The maximum atomic E-state index is 10.7. The molecule has 4 aromatic rings. The molecule has 170 valence electrons. The molecule has 0 amide bonds. The third-order valence-corrected chi connectivity index (χ3v) is 7.48. The molecule has 0 radical (unpaired) electrons. The second-order valence-corrected chi connectivity index (χ2v) is 9.55. The van der Waals surface area contributed by atoms with Crippen molar-refractivity contribution in [3.8, 4) is 22.4 Å². The summed E-state index contributed by atoms with van der Waals surface area (Å²) in [5.41, 5.74) is 11.0. The summed E-state index contributed by atoms with van der Waals surface area (Å²) in [5, 5.41) is 24.4. The smallest absolute Gasteiger partial charge is 0.165 e. The number of nitrogen functional groups attached to an aromatic ring is 1. The van der Waals surface area contributed by atoms with Gasteiger partial charge < -0.3 is 15.9 Å². The molecule has 0 aliphatic heterocycles. The van der Waals surface area contributed by atoms with Gasteiger partial charge >= 0.3 is 0 Å². The second kappa shape index (κ2) is 8.85. The lowest BCUT2D eigenvalue weighted by atomic mass is 9.76. The molecule has 3 aromatic heterocycles. The van der Waals surface area contributed by atoms with Crippen molar-refractivity contribution in [2.75, 3.05) is 12.3 Å². The summed E-state index contributed by atoms with van der Waals surface area (Å²) in [6, 6.07) is 14.1. The van der Waals surface area contributed by atoms with Gasteiger partial charge in [0.15, 0.2) is 5.65 Å². The van der Waals surface area contributed by atoms with Gasteiger partial charge in [-0.05, 0) is 54.1 Å². The van der Waals surface area contributed by atoms with Crippen molar-refractivity contribution < 1.29 is 10.2 Å². The molecule has 1 aromatic carbocycles. The maximum Gasteiger partial charge on any atom is 0.165 e. The number of anilines is 1. The number of nitrogens with two attached hydrogens (primary N) is 1. The molecule has 3 heterocycles. The molecular weight excluding hydrogens is 482 g/mol. The normalized spacial score (nSPS) is 20.9. The summed E-state index contributed by atoms with van der Waals surface area (Å²) in [5.74, 6) is 0.679. The Morgan fingerprint density at radius 1 is 1.06 bits per heavy atom. The predicted molar refractivity (Wildman–Crippen MR) is 132 cm³/mol. The highest BCUT2D eigenvalue weighted by Gasteiger charge is 2.35. The molecule has 1 fully saturated rings. The van der Waals surface area contributed by atoms with E-state index in [1.807, 2.05) is 48.7 Å². The lowest BCUT2D eigenvalue weighted by Gasteiger charge is -2.35. The number of aliphatic hydroxyl groups is 2. The Hall–Kier alpha value is -2.81. The molecule has 0 spiro atoms. The molecule has 33 heavy (non-hydrogen) atoms. The molecule has 0 unspecified atom stereocenters. The van der Waals surface area contributed by atoms with Crippen molar-refractivity contribution in [1.29, 1.82) is 0 Å². The summed E-state index contributed by atoms with van der Waals surface area (Å²) in [7, 11) is 0. The molecular formula is C25H26BrN5O2. The van der Waals surface area contributed by atoms with Crippen LogP contribution in [0.15, 0.2) is 59.3 Å². The predicted octanol–water partition coefficient (Wildman–Crippen LogP) is 4.57. The van der Waals surface area contributed by atoms with Gasteiger partial charge in [-0.25, -0.2) is 4.98 Å². The SMILES string of the molecule is Nc1c(Br)c(C2CCC(O)(CCO)CC2)nc2c(-c3ccc(-c4ccccc4)nc3)cnn12. The fourth-order valence-corrected chi connectivity index (χ4v) is 5.29. The third-order valence-electron chi connectivity index (χ3n) is 6.67. The van der Waals surface area contributed by atoms with Gasteiger partial charge in [0.25, 0.3) is 0 Å². The quantitative estimate of drug-likeness (QED) is 0.364. The van der Waals surface area contributed by atoms with E-state index in [1.165, 1.54) is 0 Å². The van der Waals surface area contributed by atoms with Crippen LogP contribution in [0.2, 0.25) is 0 Å². The van der Waals surface area contributed by atoms with Crippen LogP contribution in [0.4, 0.5) is 5.82 Å². The Balaban J connectivity index is 1.49. The molecule has 7 nitrogen and oxygen atoms in total. The van der Waals surface area contributed by atoms with Crippen molar-refractivity contribution in [3.05, 3.63) is 65.0 Å². The van der Waals surface area contributed by atoms with Gasteiger partial charge in [0.05, 0.1) is 27.7 Å². The Morgan fingerprint density at radius 3 is 2.48 bits per heavy atom. The molecule has 0 bridgehead atoms. The van der Waals surface area contributed by atoms with E-state index < -0.39 is 5.60 Å². The van der Waals surface area contributed by atoms with Crippen LogP contribution in [-0.2, 0) is 0 Å². The highest BCUT2D eigenvalue weighted by atomic mass is 79.9. The van der Waals surface area contributed by atoms with Crippen LogP contribution in [0, 0.1) is 0 Å². The second-order valence-electron chi connectivity index (χ2n) is 8.76. The Morgan fingerprint density at radius 2 is 1.82 bits per heavy atom. The summed E-state index contributed by atoms with van der Waals surface area (Å²) in [6.45, 7) is -0.00169. The zero-order chi connectivity index (χ0) is 23.0. The Kier molecular flexibility index (Phi) is 5.90. The van der Waals surface area contributed by atoms with Crippen LogP contribution in [0.1, 0.15) is 43.7 Å². The Bertz CT molecular complexity index is 1270. The minimum Gasteiger partial charge on any atom is -0.396 e. The van der Waals surface area contributed by atoms with E-state index >= 15 is 0 Å². The van der Waals surface area contributed by atoms with Crippen LogP contribution in [0.25, 0.3) is 28.0 Å². The molecule has 8 heteroatoms. The van der Waals surface area contributed by atoms with Crippen LogP contribution < -0.4 is 5.73 Å². The minimum atomic E-state index is -0.790. The molecule has 5 rings (SSSR count). The van der Waals surface area contributed by atoms with Gasteiger partial charge in [-0.2, -0.15) is 9.61 Å². The van der Waals surface area contributed by atoms with Crippen molar-refractivity contribution in [2.24, 2.45) is 0 Å². The van der Waals surface area contributed by atoms with E-state index in [-0.39, 0.29) is 12.5 Å². The number of hydrogen-bond acceptors (Lipinski definition) is 6. The van der Waals surface area contributed by atoms with E-state index in [0.717, 1.165) is 45.4 Å². The van der Waals surface area contributed by atoms with Crippen LogP contribution in [-0.4, -0.2) is 42.0 Å². The zero-order valence-corrected chi connectivity index (χ0v) is 19.7. The number of benzene rings is 1. The lowest BCUT2D eigenvalue weighted by molar-refractivity contribution is -0.0206. The summed E-state index contributed by atoms with van der Waals surface area (Å²) in [6.07, 6.45) is 6.86. The van der Waals surface area contributed by atoms with Gasteiger partial charge in [0.1, 0.15) is 5.82 Å². The first-order valence-corrected chi connectivity index (χ1v) is 12.0. The zero-order valence-electron chi connectivity index (χ0n) is 18.2. The molecule has 1 saturated carbocycles. The molecule has 4 N–H and O–H groups in total. The number of rotatable bonds is 5. The number of hydrogen-bond donors (Lipinski definition) is 3.